The lowest BCUT2D eigenvalue weighted by Gasteiger charge is -2.39. The topological polar surface area (TPSA) is 61.9 Å². The van der Waals surface area contributed by atoms with E-state index >= 15 is 0 Å². The summed E-state index contributed by atoms with van der Waals surface area (Å²) in [7, 11) is 0. The average Bonchev–Trinajstić information content (AvgIpc) is 2.79. The summed E-state index contributed by atoms with van der Waals surface area (Å²) in [6.07, 6.45) is 2.19. The van der Waals surface area contributed by atoms with Crippen molar-refractivity contribution in [3.63, 3.8) is 0 Å². The minimum atomic E-state index is -0.0786. The SMILES string of the molecule is CC[C@@H]1CN(C(=O)N2CCC(C(=O)Nc3ccc(C)cc3C)CC2)c2ccccc2O1. The molecule has 0 aliphatic carbocycles. The van der Waals surface area contributed by atoms with Crippen molar-refractivity contribution < 1.29 is 14.3 Å². The van der Waals surface area contributed by atoms with Crippen LogP contribution in [0.3, 0.4) is 0 Å². The zero-order valence-electron chi connectivity index (χ0n) is 18.6. The molecule has 0 aromatic heterocycles. The molecule has 2 aromatic rings. The Labute approximate surface area is 184 Å². The van der Waals surface area contributed by atoms with Crippen LogP contribution in [0.4, 0.5) is 16.2 Å². The molecule has 3 amide bonds. The number of benzene rings is 2. The van der Waals surface area contributed by atoms with Gasteiger partial charge in [-0.3, -0.25) is 9.69 Å². The van der Waals surface area contributed by atoms with Crippen molar-refractivity contribution in [2.24, 2.45) is 5.92 Å². The molecule has 0 saturated carbocycles. The normalized spacial score (nSPS) is 18.9. The van der Waals surface area contributed by atoms with Crippen molar-refractivity contribution in [2.75, 3.05) is 29.9 Å². The Kier molecular flexibility index (Phi) is 6.16. The van der Waals surface area contributed by atoms with E-state index in [9.17, 15) is 9.59 Å². The number of rotatable bonds is 3. The van der Waals surface area contributed by atoms with Gasteiger partial charge in [0.2, 0.25) is 5.91 Å². The summed E-state index contributed by atoms with van der Waals surface area (Å²) in [4.78, 5) is 29.8. The molecule has 0 radical (unpaired) electrons. The lowest BCUT2D eigenvalue weighted by Crippen LogP contribution is -2.52. The van der Waals surface area contributed by atoms with Crippen LogP contribution in [0.15, 0.2) is 42.5 Å². The highest BCUT2D eigenvalue weighted by molar-refractivity contribution is 5.95. The Bertz CT molecular complexity index is 966. The molecular weight excluding hydrogens is 390 g/mol. The van der Waals surface area contributed by atoms with Crippen molar-refractivity contribution in [1.29, 1.82) is 0 Å². The van der Waals surface area contributed by atoms with Crippen molar-refractivity contribution >= 4 is 23.3 Å². The fourth-order valence-corrected chi connectivity index (χ4v) is 4.38. The molecule has 1 fully saturated rings. The number of nitrogens with one attached hydrogen (secondary N) is 1. The van der Waals surface area contributed by atoms with E-state index in [4.69, 9.17) is 4.74 Å². The minimum absolute atomic E-state index is 0.0000781. The first-order valence-corrected chi connectivity index (χ1v) is 11.2. The number of piperidine rings is 1. The Morgan fingerprint density at radius 3 is 2.55 bits per heavy atom. The van der Waals surface area contributed by atoms with Gasteiger partial charge < -0.3 is 15.0 Å². The van der Waals surface area contributed by atoms with Gasteiger partial charge in [0.25, 0.3) is 0 Å². The van der Waals surface area contributed by atoms with E-state index in [0.717, 1.165) is 29.1 Å². The number of aryl methyl sites for hydroxylation is 2. The summed E-state index contributed by atoms with van der Waals surface area (Å²) in [5.41, 5.74) is 3.94. The quantitative estimate of drug-likeness (QED) is 0.778. The molecule has 0 spiro atoms. The molecule has 0 unspecified atom stereocenters. The summed E-state index contributed by atoms with van der Waals surface area (Å²) < 4.78 is 6.01. The lowest BCUT2D eigenvalue weighted by atomic mass is 9.95. The predicted octanol–water partition coefficient (Wildman–Crippen LogP) is 4.75. The Morgan fingerprint density at radius 2 is 1.84 bits per heavy atom. The minimum Gasteiger partial charge on any atom is -0.486 e. The fourth-order valence-electron chi connectivity index (χ4n) is 4.38. The molecule has 1 saturated heterocycles. The van der Waals surface area contributed by atoms with Crippen LogP contribution >= 0.6 is 0 Å². The van der Waals surface area contributed by atoms with E-state index in [0.29, 0.717) is 32.5 Å². The first-order valence-electron chi connectivity index (χ1n) is 11.2. The molecule has 2 aromatic carbocycles. The average molecular weight is 422 g/mol. The number of likely N-dealkylation sites (tertiary alicyclic amines) is 1. The number of amides is 3. The second-order valence-electron chi connectivity index (χ2n) is 8.58. The van der Waals surface area contributed by atoms with E-state index < -0.39 is 0 Å². The van der Waals surface area contributed by atoms with Gasteiger partial charge in [-0.15, -0.1) is 0 Å². The van der Waals surface area contributed by atoms with E-state index in [2.05, 4.69) is 18.3 Å². The van der Waals surface area contributed by atoms with E-state index in [1.165, 1.54) is 5.56 Å². The Hall–Kier alpha value is -3.02. The van der Waals surface area contributed by atoms with Crippen LogP contribution in [0.25, 0.3) is 0 Å². The van der Waals surface area contributed by atoms with Gasteiger partial charge in [-0.25, -0.2) is 4.79 Å². The predicted molar refractivity (Wildman–Crippen MR) is 123 cm³/mol. The number of nitrogens with zero attached hydrogens (tertiary/aromatic N) is 2. The largest absolute Gasteiger partial charge is 0.486 e. The van der Waals surface area contributed by atoms with Gasteiger partial charge in [0.15, 0.2) is 0 Å². The van der Waals surface area contributed by atoms with Gasteiger partial charge in [-0.1, -0.05) is 36.8 Å². The first kappa shape index (κ1) is 21.2. The summed E-state index contributed by atoms with van der Waals surface area (Å²) in [6, 6.07) is 13.7. The number of anilines is 2. The highest BCUT2D eigenvalue weighted by Gasteiger charge is 2.34. The second-order valence-corrected chi connectivity index (χ2v) is 8.58. The van der Waals surface area contributed by atoms with Crippen LogP contribution in [0.2, 0.25) is 0 Å². The molecule has 2 aliphatic rings. The van der Waals surface area contributed by atoms with Crippen LogP contribution < -0.4 is 15.0 Å². The van der Waals surface area contributed by atoms with Gasteiger partial charge in [0.1, 0.15) is 11.9 Å². The van der Waals surface area contributed by atoms with Crippen LogP contribution in [-0.4, -0.2) is 42.6 Å². The number of para-hydroxylation sites is 2. The van der Waals surface area contributed by atoms with Gasteiger partial charge in [0, 0.05) is 24.7 Å². The van der Waals surface area contributed by atoms with Crippen LogP contribution in [0, 0.1) is 19.8 Å². The maximum Gasteiger partial charge on any atom is 0.324 e. The molecule has 1 N–H and O–H groups in total. The van der Waals surface area contributed by atoms with Crippen molar-refractivity contribution in [3.8, 4) is 5.75 Å². The number of hydrogen-bond donors (Lipinski definition) is 1. The summed E-state index contributed by atoms with van der Waals surface area (Å²) >= 11 is 0. The summed E-state index contributed by atoms with van der Waals surface area (Å²) in [6.45, 7) is 7.84. The highest BCUT2D eigenvalue weighted by atomic mass is 16.5. The van der Waals surface area contributed by atoms with Crippen LogP contribution in [0.1, 0.15) is 37.3 Å². The van der Waals surface area contributed by atoms with Crippen LogP contribution in [0.5, 0.6) is 5.75 Å². The number of fused-ring (bicyclic) bond motifs is 1. The van der Waals surface area contributed by atoms with Crippen LogP contribution in [-0.2, 0) is 4.79 Å². The number of hydrogen-bond acceptors (Lipinski definition) is 3. The molecule has 2 heterocycles. The van der Waals surface area contributed by atoms with E-state index in [1.54, 1.807) is 0 Å². The van der Waals surface area contributed by atoms with Crippen molar-refractivity contribution in [2.45, 2.75) is 46.1 Å². The van der Waals surface area contributed by atoms with Crippen molar-refractivity contribution in [3.05, 3.63) is 53.6 Å². The monoisotopic (exact) mass is 421 g/mol. The molecule has 1 atom stereocenters. The lowest BCUT2D eigenvalue weighted by molar-refractivity contribution is -0.121. The van der Waals surface area contributed by atoms with Crippen molar-refractivity contribution in [1.82, 2.24) is 4.90 Å². The maximum atomic E-state index is 13.3. The smallest absolute Gasteiger partial charge is 0.324 e. The third-order valence-electron chi connectivity index (χ3n) is 6.30. The number of carbonyl (C=O) groups excluding carboxylic acids is 2. The molecule has 6 nitrogen and oxygen atoms in total. The molecular formula is C25H31N3O3. The molecule has 2 aliphatic heterocycles. The van der Waals surface area contributed by atoms with E-state index in [-0.39, 0.29) is 24.0 Å². The summed E-state index contributed by atoms with van der Waals surface area (Å²) in [5, 5.41) is 3.07. The highest BCUT2D eigenvalue weighted by Crippen LogP contribution is 2.35. The molecule has 6 heteroatoms. The molecule has 0 bridgehead atoms. The Balaban J connectivity index is 1.38. The standard InChI is InChI=1S/C25H31N3O3/c1-4-20-16-28(22-7-5-6-8-23(22)31-20)25(30)27-13-11-19(12-14-27)24(29)26-21-10-9-17(2)15-18(21)3/h5-10,15,19-20H,4,11-14,16H2,1-3H3,(H,26,29)/t20-/m1/s1. The van der Waals surface area contributed by atoms with Gasteiger partial charge in [-0.2, -0.15) is 0 Å². The molecule has 31 heavy (non-hydrogen) atoms. The van der Waals surface area contributed by atoms with Gasteiger partial charge in [-0.05, 0) is 56.9 Å². The third-order valence-corrected chi connectivity index (χ3v) is 6.30. The number of urea groups is 1. The van der Waals surface area contributed by atoms with Gasteiger partial charge >= 0.3 is 6.03 Å². The second kappa shape index (κ2) is 9.00. The fraction of sp³-hybridized carbons (Fsp3) is 0.440. The first-order chi connectivity index (χ1) is 15.0. The summed E-state index contributed by atoms with van der Waals surface area (Å²) in [5.74, 6) is 0.726. The Morgan fingerprint density at radius 1 is 1.10 bits per heavy atom. The zero-order valence-corrected chi connectivity index (χ0v) is 18.6. The van der Waals surface area contributed by atoms with Gasteiger partial charge in [0.05, 0.1) is 12.2 Å². The third kappa shape index (κ3) is 4.53. The zero-order chi connectivity index (χ0) is 22.0. The maximum absolute atomic E-state index is 13.3. The number of ether oxygens (including phenoxy) is 1. The molecule has 164 valence electrons. The van der Waals surface area contributed by atoms with E-state index in [1.807, 2.05) is 60.0 Å². The molecule has 4 rings (SSSR count). The number of carbonyl (C=O) groups is 2.